The van der Waals surface area contributed by atoms with Crippen LogP contribution in [0.2, 0.25) is 0 Å². The zero-order chi connectivity index (χ0) is 68.4. The second-order valence-electron chi connectivity index (χ2n) is 17.2. The highest BCUT2D eigenvalue weighted by Crippen LogP contribution is 2.52. The molecule has 0 saturated heterocycles. The number of carbonyl (C=O) groups is 1. The molecular formula is C42H28N12O31S8. The van der Waals surface area contributed by atoms with E-state index in [1.165, 1.54) is 0 Å². The molecule has 8 rings (SSSR count). The summed E-state index contributed by atoms with van der Waals surface area (Å²) >= 11 is 0.221. The fourth-order valence-corrected chi connectivity index (χ4v) is 12.5. The predicted molar refractivity (Wildman–Crippen MR) is 305 cm³/mol. The van der Waals surface area contributed by atoms with E-state index in [0.29, 0.717) is 41.0 Å². The first-order valence-electron chi connectivity index (χ1n) is 23.1. The number of nitrogens with zero attached hydrogens (tertiary/aromatic N) is 11. The summed E-state index contributed by atoms with van der Waals surface area (Å²) in [5, 5.41) is 123. The molecule has 1 heterocycles. The Morgan fingerprint density at radius 1 is 0.527 bits per heavy atom. The van der Waals surface area contributed by atoms with Crippen molar-refractivity contribution in [3.63, 3.8) is 0 Å². The maximum atomic E-state index is 13.2. The Labute approximate surface area is 526 Å². The van der Waals surface area contributed by atoms with E-state index >= 15 is 0 Å². The number of phenolic OH excluding ortho intramolecular Hbond substituents is 2. The molecule has 0 aliphatic heterocycles. The number of nitrogen functional groups attached to an aromatic ring is 1. The fraction of sp³-hybridized carbons (Fsp3) is 0. The van der Waals surface area contributed by atoms with Gasteiger partial charge in [-0.15, -0.1) is 53.9 Å². The van der Waals surface area contributed by atoms with E-state index in [9.17, 15) is 100 Å². The molecule has 0 fully saturated rings. The summed E-state index contributed by atoms with van der Waals surface area (Å²) in [4.78, 5) is 15.8. The van der Waals surface area contributed by atoms with Crippen molar-refractivity contribution in [2.24, 2.45) is 40.9 Å². The number of nitrogens with two attached hydrogens (primary N) is 1. The van der Waals surface area contributed by atoms with Crippen LogP contribution in [0, 0.1) is 10.1 Å². The van der Waals surface area contributed by atoms with Crippen molar-refractivity contribution >= 4 is 171 Å². The summed E-state index contributed by atoms with van der Waals surface area (Å²) in [7, 11) is -27.4. The standard InChI is InChI=1S/C42H28N12O31S8/c43-33-25(14-29(90(68,69)70)20-10-28(88-85-82-64)34(39(56)32(20)33)49-44-21-7-3-16(86-83-80-62)9-26(21)54(60)61)48-45-22-8-6-18-19(40(22)93(77,78)79)11-31(92(74,75)76)35(38(18)55)50-46-23-13-30(91(71,72)73)24(12-27(23)87-84-81-63)47-51-36-37(42(58)59)52-53(41(36)57)15-1-4-17(5-2-15)89(65,66)67/h1-14,55-57,62-64H,43H2,(H,58,59)(H,65,66,67)(H,68,69,70)(H,71,72,73)(H,74,75,76)(H,77,78,79). The number of nitro groups is 1. The van der Waals surface area contributed by atoms with Gasteiger partial charge in [-0.2, -0.15) is 51.9 Å². The zero-order valence-corrected chi connectivity index (χ0v) is 50.5. The van der Waals surface area contributed by atoms with Crippen molar-refractivity contribution in [2.75, 3.05) is 5.73 Å². The van der Waals surface area contributed by atoms with Gasteiger partial charge in [-0.1, -0.05) is 15.1 Å². The normalized spacial score (nSPS) is 12.9. The minimum absolute atomic E-state index is 0.00285. The van der Waals surface area contributed by atoms with E-state index in [0.717, 1.165) is 54.6 Å². The fourth-order valence-electron chi connectivity index (χ4n) is 7.90. The van der Waals surface area contributed by atoms with Gasteiger partial charge in [-0.05, 0) is 78.9 Å². The zero-order valence-electron chi connectivity index (χ0n) is 44.0. The average molecular weight is 1450 g/mol. The number of hydrogen-bond donors (Lipinski definition) is 13. The van der Waals surface area contributed by atoms with Gasteiger partial charge < -0.3 is 26.2 Å². The number of rotatable bonds is 25. The number of aromatic carboxylic acids is 1. The van der Waals surface area contributed by atoms with Crippen molar-refractivity contribution in [3.8, 4) is 23.1 Å². The molecule has 0 aliphatic carbocycles. The maximum Gasteiger partial charge on any atom is 0.358 e. The molecule has 0 unspecified atom stereocenters. The van der Waals surface area contributed by atoms with Crippen molar-refractivity contribution in [3.05, 3.63) is 101 Å². The van der Waals surface area contributed by atoms with Gasteiger partial charge in [0.2, 0.25) is 11.6 Å². The second-order valence-corrected chi connectivity index (χ2v) is 26.4. The van der Waals surface area contributed by atoms with Gasteiger partial charge in [0.15, 0.2) is 22.9 Å². The molecule has 0 spiro atoms. The molecular weight excluding hydrogens is 1430 g/mol. The summed E-state index contributed by atoms with van der Waals surface area (Å²) < 4.78 is 192. The van der Waals surface area contributed by atoms with Crippen LogP contribution in [0.1, 0.15) is 10.5 Å². The minimum Gasteiger partial charge on any atom is -0.505 e. The number of aromatic nitrogens is 2. The van der Waals surface area contributed by atoms with Crippen LogP contribution < -0.4 is 5.73 Å². The highest BCUT2D eigenvalue weighted by Gasteiger charge is 2.32. The molecule has 0 atom stereocenters. The van der Waals surface area contributed by atoms with Gasteiger partial charge in [-0.3, -0.25) is 32.9 Å². The lowest BCUT2D eigenvalue weighted by Gasteiger charge is -2.15. The number of benzene rings is 7. The van der Waals surface area contributed by atoms with Gasteiger partial charge in [0, 0.05) is 27.1 Å². The van der Waals surface area contributed by atoms with E-state index in [2.05, 4.69) is 74.1 Å². The Bertz CT molecular complexity index is 5160. The third-order valence-electron chi connectivity index (χ3n) is 11.7. The second kappa shape index (κ2) is 27.3. The number of carboxylic acid groups (broad SMARTS) is 1. The number of hydrogen-bond acceptors (Lipinski definition) is 38. The van der Waals surface area contributed by atoms with E-state index in [-0.39, 0.29) is 40.7 Å². The first-order chi connectivity index (χ1) is 43.5. The van der Waals surface area contributed by atoms with Crippen molar-refractivity contribution in [2.45, 2.75) is 39.2 Å². The molecule has 8 aromatic rings. The predicted octanol–water partition coefficient (Wildman–Crippen LogP) is 9.66. The SMILES string of the molecule is Nc1c(N=Nc2ccc3c(O)c(N=Nc4cc(S(=O)(=O)O)c(N=Nc5c(C(=O)O)nn(-c6ccc(S(=O)(=O)O)cc6)c5O)cc4SOOO)c(S(=O)(=O)O)cc3c2S(=O)(=O)O)cc(S(=O)(=O)O)c2cc(SOOO)c(N=Nc3ccc(SOOO)cc3[N+](=O)[O-])c(O)c12. The lowest BCUT2D eigenvalue weighted by Crippen LogP contribution is -2.03. The van der Waals surface area contributed by atoms with Crippen LogP contribution in [-0.2, 0) is 78.7 Å². The Morgan fingerprint density at radius 2 is 1.06 bits per heavy atom. The first-order valence-corrected chi connectivity index (χ1v) is 32.5. The molecule has 93 heavy (non-hydrogen) atoms. The topological polar surface area (TPSA) is 672 Å². The van der Waals surface area contributed by atoms with Gasteiger partial charge in [0.1, 0.15) is 53.7 Å². The number of carboxylic acids is 1. The molecule has 490 valence electrons. The summed E-state index contributed by atoms with van der Waals surface area (Å²) in [6.45, 7) is 0. The molecule has 1 aromatic heterocycles. The average Bonchev–Trinajstić information content (AvgIpc) is 1.17. The van der Waals surface area contributed by atoms with Gasteiger partial charge in [0.25, 0.3) is 56.3 Å². The van der Waals surface area contributed by atoms with Crippen LogP contribution in [0.5, 0.6) is 17.4 Å². The molecule has 14 N–H and O–H groups in total. The van der Waals surface area contributed by atoms with Gasteiger partial charge in [-0.25, -0.2) is 20.6 Å². The van der Waals surface area contributed by atoms with Gasteiger partial charge in [0.05, 0.1) is 72.5 Å². The largest absolute Gasteiger partial charge is 0.505 e. The summed E-state index contributed by atoms with van der Waals surface area (Å²) in [6, 6.07) is 10.5. The quantitative estimate of drug-likeness (QED) is 0.00481. The van der Waals surface area contributed by atoms with Crippen LogP contribution >= 0.6 is 36.1 Å². The number of anilines is 1. The Morgan fingerprint density at radius 3 is 1.65 bits per heavy atom. The number of nitro benzene ring substituents is 1. The molecule has 0 radical (unpaired) electrons. The number of azo groups is 4. The molecule has 0 saturated carbocycles. The summed E-state index contributed by atoms with van der Waals surface area (Å²) in [5.74, 6) is -5.66. The lowest BCUT2D eigenvalue weighted by molar-refractivity contribution is -0.432. The van der Waals surface area contributed by atoms with Crippen LogP contribution in [0.15, 0.2) is 165 Å². The van der Waals surface area contributed by atoms with E-state index in [1.54, 1.807) is 0 Å². The number of fused-ring (bicyclic) bond motifs is 2. The van der Waals surface area contributed by atoms with Gasteiger partial charge >= 0.3 is 5.97 Å². The highest BCUT2D eigenvalue weighted by atomic mass is 32.2. The third kappa shape index (κ3) is 15.2. The molecule has 0 amide bonds. The minimum atomic E-state index is -5.81. The van der Waals surface area contributed by atoms with E-state index in [4.69, 9.17) is 21.5 Å². The molecule has 51 heteroatoms. The monoisotopic (exact) mass is 1450 g/mol. The molecule has 43 nitrogen and oxygen atoms in total. The Kier molecular flexibility index (Phi) is 20.5. The summed E-state index contributed by atoms with van der Waals surface area (Å²) in [6.07, 6.45) is 0. The Balaban J connectivity index is 1.25. The van der Waals surface area contributed by atoms with Crippen molar-refractivity contribution in [1.82, 2.24) is 9.78 Å². The van der Waals surface area contributed by atoms with Crippen LogP contribution in [0.3, 0.4) is 0 Å². The van der Waals surface area contributed by atoms with Crippen LogP contribution in [0.4, 0.5) is 56.9 Å². The summed E-state index contributed by atoms with van der Waals surface area (Å²) in [5.41, 5.74) is -4.08. The van der Waals surface area contributed by atoms with E-state index in [1.807, 2.05) is 0 Å². The Hall–Kier alpha value is -9.02. The number of phenols is 2. The molecule has 0 aliphatic rings. The maximum absolute atomic E-state index is 13.2. The number of aromatic hydroxyl groups is 3. The molecule has 7 aromatic carbocycles. The van der Waals surface area contributed by atoms with Crippen LogP contribution in [0.25, 0.3) is 27.2 Å². The first kappa shape index (κ1) is 69.9. The van der Waals surface area contributed by atoms with Crippen molar-refractivity contribution in [1.29, 1.82) is 0 Å². The highest BCUT2D eigenvalue weighted by molar-refractivity contribution is 7.95. The lowest BCUT2D eigenvalue weighted by atomic mass is 10.0. The smallest absolute Gasteiger partial charge is 0.358 e. The third-order valence-corrected chi connectivity index (χ3v) is 18.0. The van der Waals surface area contributed by atoms with Crippen molar-refractivity contribution < 1.29 is 139 Å². The van der Waals surface area contributed by atoms with Crippen LogP contribution in [-0.4, -0.2) is 122 Å². The molecule has 0 bridgehead atoms. The van der Waals surface area contributed by atoms with E-state index < -0.39 is 197 Å².